The van der Waals surface area contributed by atoms with Gasteiger partial charge in [0.25, 0.3) is 0 Å². The molecule has 1 N–H and O–H groups in total. The lowest BCUT2D eigenvalue weighted by molar-refractivity contribution is -0.159. The highest BCUT2D eigenvalue weighted by Gasteiger charge is 2.52. The molecule has 3 rings (SSSR count). The number of nitrogens with zero attached hydrogens (tertiary/aromatic N) is 1. The van der Waals surface area contributed by atoms with Crippen LogP contribution in [0.1, 0.15) is 47.0 Å². The number of carbonyl (C=O) groups excluding carboxylic acids is 1. The zero-order valence-corrected chi connectivity index (χ0v) is 21.0. The maximum Gasteiger partial charge on any atom is 0.303 e. The van der Waals surface area contributed by atoms with Gasteiger partial charge in [-0.2, -0.15) is 0 Å². The van der Waals surface area contributed by atoms with Crippen molar-refractivity contribution in [2.45, 2.75) is 58.7 Å². The summed E-state index contributed by atoms with van der Waals surface area (Å²) in [6.07, 6.45) is 4.45. The molecule has 0 radical (unpaired) electrons. The van der Waals surface area contributed by atoms with E-state index in [1.807, 2.05) is 31.2 Å². The van der Waals surface area contributed by atoms with E-state index in [0.29, 0.717) is 24.9 Å². The summed E-state index contributed by atoms with van der Waals surface area (Å²) in [4.78, 5) is 13.9. The van der Waals surface area contributed by atoms with Crippen LogP contribution in [0.2, 0.25) is 0 Å². The first-order chi connectivity index (χ1) is 15.7. The number of benzene rings is 1. The highest BCUT2D eigenvalue weighted by Crippen LogP contribution is 2.51. The van der Waals surface area contributed by atoms with Gasteiger partial charge < -0.3 is 24.2 Å². The summed E-state index contributed by atoms with van der Waals surface area (Å²) in [6.45, 7) is 10.2. The zero-order valence-electron chi connectivity index (χ0n) is 21.0. The van der Waals surface area contributed by atoms with Crippen LogP contribution in [0.15, 0.2) is 35.9 Å². The van der Waals surface area contributed by atoms with E-state index >= 15 is 0 Å². The van der Waals surface area contributed by atoms with Crippen LogP contribution >= 0.6 is 0 Å². The van der Waals surface area contributed by atoms with Gasteiger partial charge in [-0.3, -0.25) is 4.79 Å². The minimum absolute atomic E-state index is 0.0845. The Balaban J connectivity index is 1.61. The van der Waals surface area contributed by atoms with Crippen molar-refractivity contribution in [2.75, 3.05) is 33.9 Å². The Labute approximate surface area is 198 Å². The van der Waals surface area contributed by atoms with E-state index in [1.165, 1.54) is 6.92 Å². The molecule has 0 aromatic heterocycles. The summed E-state index contributed by atoms with van der Waals surface area (Å²) in [6, 6.07) is 7.70. The summed E-state index contributed by atoms with van der Waals surface area (Å²) >= 11 is 0. The van der Waals surface area contributed by atoms with Gasteiger partial charge in [-0.15, -0.1) is 0 Å². The smallest absolute Gasteiger partial charge is 0.303 e. The average Bonchev–Trinajstić information content (AvgIpc) is 2.76. The molecule has 0 bridgehead atoms. The number of esters is 1. The number of rotatable bonds is 9. The van der Waals surface area contributed by atoms with Gasteiger partial charge in [0.1, 0.15) is 12.7 Å². The first-order valence-electron chi connectivity index (χ1n) is 12.2. The maximum atomic E-state index is 11.7. The molecular formula is C27H41NO5. The monoisotopic (exact) mass is 459 g/mol. The van der Waals surface area contributed by atoms with Gasteiger partial charge in [0.15, 0.2) is 11.5 Å². The van der Waals surface area contributed by atoms with Crippen LogP contribution in [-0.4, -0.2) is 61.5 Å². The highest BCUT2D eigenvalue weighted by molar-refractivity contribution is 5.66. The second-order valence-electron chi connectivity index (χ2n) is 10.1. The molecular weight excluding hydrogens is 418 g/mol. The van der Waals surface area contributed by atoms with E-state index in [4.69, 9.17) is 14.2 Å². The van der Waals surface area contributed by atoms with Crippen LogP contribution in [0, 0.1) is 23.7 Å². The molecule has 6 heteroatoms. The largest absolute Gasteiger partial charge is 0.493 e. The molecule has 1 unspecified atom stereocenters. The Hall–Kier alpha value is -2.05. The fourth-order valence-corrected chi connectivity index (χ4v) is 5.77. The number of aliphatic hydroxyl groups is 1. The van der Waals surface area contributed by atoms with E-state index in [-0.39, 0.29) is 23.9 Å². The fraction of sp³-hybridized carbons (Fsp3) is 0.667. The third kappa shape index (κ3) is 5.90. The van der Waals surface area contributed by atoms with E-state index in [0.717, 1.165) is 43.0 Å². The van der Waals surface area contributed by atoms with Crippen LogP contribution in [0.3, 0.4) is 0 Å². The molecule has 1 aromatic rings. The number of methoxy groups -OCH3 is 1. The Morgan fingerprint density at radius 3 is 2.64 bits per heavy atom. The predicted octanol–water partition coefficient (Wildman–Crippen LogP) is 4.32. The van der Waals surface area contributed by atoms with E-state index in [2.05, 4.69) is 31.9 Å². The normalized spacial score (nSPS) is 30.2. The molecule has 0 heterocycles. The van der Waals surface area contributed by atoms with Gasteiger partial charge in [-0.05, 0) is 62.3 Å². The second-order valence-corrected chi connectivity index (χ2v) is 10.1. The molecule has 2 aliphatic carbocycles. The maximum absolute atomic E-state index is 11.7. The molecule has 184 valence electrons. The summed E-state index contributed by atoms with van der Waals surface area (Å²) in [5.74, 6) is 2.28. The Bertz CT molecular complexity index is 840. The van der Waals surface area contributed by atoms with Crippen molar-refractivity contribution < 1.29 is 24.1 Å². The summed E-state index contributed by atoms with van der Waals surface area (Å²) < 4.78 is 16.8. The van der Waals surface area contributed by atoms with Crippen LogP contribution in [0.4, 0.5) is 0 Å². The lowest BCUT2D eigenvalue weighted by atomic mass is 9.57. The number of ether oxygens (including phenoxy) is 3. The molecule has 6 atom stereocenters. The number of fused-ring (bicyclic) bond motifs is 1. The van der Waals surface area contributed by atoms with Crippen molar-refractivity contribution in [3.05, 3.63) is 35.9 Å². The predicted molar refractivity (Wildman–Crippen MR) is 129 cm³/mol. The quantitative estimate of drug-likeness (QED) is 0.438. The SMILES string of the molecule is COc1ccccc1OCCN(C)CC(C)[C@@H]1CC[C@@H](C)[C@]2(O)C[C@@H](OC(C)=O)C(C)=C[C@H]12. The van der Waals surface area contributed by atoms with Gasteiger partial charge in [-0.25, -0.2) is 0 Å². The van der Waals surface area contributed by atoms with E-state index in [9.17, 15) is 9.90 Å². The molecule has 0 amide bonds. The Morgan fingerprint density at radius 1 is 1.27 bits per heavy atom. The van der Waals surface area contributed by atoms with E-state index < -0.39 is 5.60 Å². The van der Waals surface area contributed by atoms with Crippen molar-refractivity contribution in [2.24, 2.45) is 23.7 Å². The third-order valence-corrected chi connectivity index (χ3v) is 7.73. The summed E-state index contributed by atoms with van der Waals surface area (Å²) in [7, 11) is 3.77. The average molecular weight is 460 g/mol. The number of carbonyl (C=O) groups is 1. The molecule has 1 saturated carbocycles. The molecule has 0 spiro atoms. The molecule has 1 aromatic carbocycles. The van der Waals surface area contributed by atoms with Crippen molar-refractivity contribution in [1.82, 2.24) is 4.90 Å². The van der Waals surface area contributed by atoms with Crippen LogP contribution < -0.4 is 9.47 Å². The zero-order chi connectivity index (χ0) is 24.2. The molecule has 0 aliphatic heterocycles. The van der Waals surface area contributed by atoms with Crippen molar-refractivity contribution in [3.63, 3.8) is 0 Å². The highest BCUT2D eigenvalue weighted by atomic mass is 16.5. The first-order valence-corrected chi connectivity index (χ1v) is 12.2. The molecule has 0 saturated heterocycles. The van der Waals surface area contributed by atoms with Crippen LogP contribution in [0.25, 0.3) is 0 Å². The summed E-state index contributed by atoms with van der Waals surface area (Å²) in [5.41, 5.74) is 0.229. The minimum atomic E-state index is -0.831. The second kappa shape index (κ2) is 10.9. The Kier molecular flexibility index (Phi) is 8.46. The number of likely N-dealkylation sites (N-methyl/N-ethyl adjacent to an activating group) is 1. The number of para-hydroxylation sites is 2. The minimum Gasteiger partial charge on any atom is -0.493 e. The molecule has 1 fully saturated rings. The molecule has 2 aliphatic rings. The fourth-order valence-electron chi connectivity index (χ4n) is 5.77. The van der Waals surface area contributed by atoms with E-state index in [1.54, 1.807) is 7.11 Å². The van der Waals surface area contributed by atoms with Crippen LogP contribution in [0.5, 0.6) is 11.5 Å². The van der Waals surface area contributed by atoms with Gasteiger partial charge in [0.2, 0.25) is 0 Å². The van der Waals surface area contributed by atoms with Crippen molar-refractivity contribution in [3.8, 4) is 11.5 Å². The lowest BCUT2D eigenvalue weighted by Crippen LogP contribution is -2.56. The first kappa shape index (κ1) is 25.6. The topological polar surface area (TPSA) is 68.2 Å². The molecule has 33 heavy (non-hydrogen) atoms. The number of hydrogen-bond donors (Lipinski definition) is 1. The van der Waals surface area contributed by atoms with Crippen LogP contribution in [-0.2, 0) is 9.53 Å². The standard InChI is InChI=1S/C27H41NO5/c1-18-15-23-22(12-11-20(3)27(23,30)16-26(18)33-21(4)29)19(2)17-28(5)13-14-32-25-10-8-7-9-24(25)31-6/h7-10,15,19-20,22-23,26,30H,11-14,16-17H2,1-6H3/t19?,20-,22+,23-,26-,27-/m1/s1. The third-order valence-electron chi connectivity index (χ3n) is 7.73. The van der Waals surface area contributed by atoms with Gasteiger partial charge in [-0.1, -0.05) is 32.1 Å². The summed E-state index contributed by atoms with van der Waals surface area (Å²) in [5, 5.41) is 11.7. The lowest BCUT2D eigenvalue weighted by Gasteiger charge is -2.53. The Morgan fingerprint density at radius 2 is 1.97 bits per heavy atom. The van der Waals surface area contributed by atoms with Crippen molar-refractivity contribution >= 4 is 5.97 Å². The van der Waals surface area contributed by atoms with Gasteiger partial charge in [0, 0.05) is 32.4 Å². The van der Waals surface area contributed by atoms with Gasteiger partial charge in [0.05, 0.1) is 12.7 Å². The van der Waals surface area contributed by atoms with Gasteiger partial charge >= 0.3 is 5.97 Å². The van der Waals surface area contributed by atoms with Crippen molar-refractivity contribution in [1.29, 1.82) is 0 Å². The molecule has 6 nitrogen and oxygen atoms in total. The number of hydrogen-bond acceptors (Lipinski definition) is 6.